The lowest BCUT2D eigenvalue weighted by Crippen LogP contribution is -2.03. The quantitative estimate of drug-likeness (QED) is 0.610. The number of hydrogen-bond donors (Lipinski definition) is 2. The van der Waals surface area contributed by atoms with Gasteiger partial charge in [0, 0.05) is 17.4 Å². The highest BCUT2D eigenvalue weighted by molar-refractivity contribution is 5.90. The number of carbonyl (C=O) groups excluding carboxylic acids is 2. The van der Waals surface area contributed by atoms with Crippen LogP contribution in [-0.2, 0) is 9.47 Å². The van der Waals surface area contributed by atoms with Crippen LogP contribution in [-0.4, -0.2) is 36.1 Å². The van der Waals surface area contributed by atoms with Gasteiger partial charge in [-0.25, -0.2) is 19.6 Å². The topological polar surface area (TPSA) is 102 Å². The first-order valence-electron chi connectivity index (χ1n) is 8.75. The number of hydrogen-bond acceptors (Lipinski definition) is 8. The van der Waals surface area contributed by atoms with Gasteiger partial charge in [-0.05, 0) is 55.5 Å². The molecule has 1 aromatic heterocycles. The zero-order chi connectivity index (χ0) is 20.8. The molecule has 0 aliphatic heterocycles. The predicted molar refractivity (Wildman–Crippen MR) is 109 cm³/mol. The van der Waals surface area contributed by atoms with Crippen molar-refractivity contribution < 1.29 is 19.1 Å². The molecule has 29 heavy (non-hydrogen) atoms. The third-order valence-corrected chi connectivity index (χ3v) is 3.99. The van der Waals surface area contributed by atoms with Crippen LogP contribution in [0.15, 0.2) is 54.6 Å². The number of benzene rings is 2. The summed E-state index contributed by atoms with van der Waals surface area (Å²) in [6, 6.07) is 15.5. The van der Waals surface area contributed by atoms with E-state index in [0.717, 1.165) is 11.4 Å². The van der Waals surface area contributed by atoms with Crippen LogP contribution < -0.4 is 10.6 Å². The van der Waals surface area contributed by atoms with Crippen molar-refractivity contribution in [2.75, 3.05) is 24.9 Å². The molecule has 0 radical (unpaired) electrons. The Morgan fingerprint density at radius 2 is 1.10 bits per heavy atom. The minimum absolute atomic E-state index is 0.390. The molecule has 0 unspecified atom stereocenters. The summed E-state index contributed by atoms with van der Waals surface area (Å²) in [4.78, 5) is 31.8. The molecule has 0 atom stereocenters. The molecule has 2 aromatic carbocycles. The van der Waals surface area contributed by atoms with Crippen molar-refractivity contribution in [3.8, 4) is 0 Å². The van der Waals surface area contributed by atoms with E-state index in [1.54, 1.807) is 61.5 Å². The van der Waals surface area contributed by atoms with Gasteiger partial charge in [-0.15, -0.1) is 0 Å². The summed E-state index contributed by atoms with van der Waals surface area (Å²) in [6.45, 7) is 1.79. The highest BCUT2D eigenvalue weighted by atomic mass is 16.5. The zero-order valence-corrected chi connectivity index (χ0v) is 16.2. The first-order valence-corrected chi connectivity index (χ1v) is 8.75. The van der Waals surface area contributed by atoms with Crippen LogP contribution in [0.4, 0.5) is 23.0 Å². The molecule has 0 aliphatic carbocycles. The standard InChI is InChI=1S/C21H20N4O4/c1-13-22-18(24-16-8-4-14(5-9-16)20(26)28-2)12-19(23-13)25-17-10-6-15(7-11-17)21(27)29-3/h4-12H,1-3H3,(H2,22,23,24,25). The van der Waals surface area contributed by atoms with Crippen LogP contribution in [0.5, 0.6) is 0 Å². The number of nitrogens with one attached hydrogen (secondary N) is 2. The van der Waals surface area contributed by atoms with E-state index < -0.39 is 0 Å². The van der Waals surface area contributed by atoms with Crippen molar-refractivity contribution >= 4 is 34.9 Å². The number of nitrogens with zero attached hydrogens (tertiary/aromatic N) is 2. The summed E-state index contributed by atoms with van der Waals surface area (Å²) in [7, 11) is 2.69. The number of aromatic nitrogens is 2. The average molecular weight is 392 g/mol. The highest BCUT2D eigenvalue weighted by Crippen LogP contribution is 2.21. The van der Waals surface area contributed by atoms with Gasteiger partial charge in [0.2, 0.25) is 0 Å². The van der Waals surface area contributed by atoms with Crippen LogP contribution in [0, 0.1) is 6.92 Å². The molecule has 0 bridgehead atoms. The second-order valence-corrected chi connectivity index (χ2v) is 6.07. The molecule has 0 spiro atoms. The molecule has 8 nitrogen and oxygen atoms in total. The van der Waals surface area contributed by atoms with E-state index in [1.165, 1.54) is 14.2 Å². The largest absolute Gasteiger partial charge is 0.465 e. The number of rotatable bonds is 6. The van der Waals surface area contributed by atoms with Crippen molar-refractivity contribution in [1.29, 1.82) is 0 Å². The fourth-order valence-corrected chi connectivity index (χ4v) is 2.61. The molecular formula is C21H20N4O4. The summed E-state index contributed by atoms with van der Waals surface area (Å²) < 4.78 is 9.39. The number of aryl methyl sites for hydroxylation is 1. The van der Waals surface area contributed by atoms with Crippen LogP contribution in [0.3, 0.4) is 0 Å². The third kappa shape index (κ3) is 5.07. The lowest BCUT2D eigenvalue weighted by Gasteiger charge is -2.11. The molecule has 3 aromatic rings. The van der Waals surface area contributed by atoms with Crippen molar-refractivity contribution in [3.05, 3.63) is 71.5 Å². The zero-order valence-electron chi connectivity index (χ0n) is 16.2. The van der Waals surface area contributed by atoms with Gasteiger partial charge in [0.15, 0.2) is 0 Å². The summed E-state index contributed by atoms with van der Waals surface area (Å²) in [5, 5.41) is 6.36. The first-order chi connectivity index (χ1) is 14.0. The molecular weight excluding hydrogens is 372 g/mol. The van der Waals surface area contributed by atoms with E-state index in [-0.39, 0.29) is 11.9 Å². The van der Waals surface area contributed by atoms with E-state index in [2.05, 4.69) is 20.6 Å². The minimum Gasteiger partial charge on any atom is -0.465 e. The van der Waals surface area contributed by atoms with Crippen LogP contribution >= 0.6 is 0 Å². The van der Waals surface area contributed by atoms with Crippen LogP contribution in [0.2, 0.25) is 0 Å². The van der Waals surface area contributed by atoms with Gasteiger partial charge in [0.05, 0.1) is 25.3 Å². The SMILES string of the molecule is COC(=O)c1ccc(Nc2cc(Nc3ccc(C(=O)OC)cc3)nc(C)n2)cc1. The lowest BCUT2D eigenvalue weighted by molar-refractivity contribution is 0.0592. The predicted octanol–water partition coefficient (Wildman–Crippen LogP) is 3.85. The Labute approximate surface area is 167 Å². The molecule has 0 amide bonds. The number of ether oxygens (including phenoxy) is 2. The van der Waals surface area contributed by atoms with Gasteiger partial charge in [0.25, 0.3) is 0 Å². The number of methoxy groups -OCH3 is 2. The van der Waals surface area contributed by atoms with E-state index >= 15 is 0 Å². The maximum Gasteiger partial charge on any atom is 0.337 e. The Balaban J connectivity index is 1.74. The van der Waals surface area contributed by atoms with E-state index in [9.17, 15) is 9.59 Å². The molecule has 148 valence electrons. The smallest absolute Gasteiger partial charge is 0.337 e. The Morgan fingerprint density at radius 1 is 0.724 bits per heavy atom. The average Bonchev–Trinajstić information content (AvgIpc) is 2.73. The molecule has 3 rings (SSSR count). The summed E-state index contributed by atoms with van der Waals surface area (Å²) >= 11 is 0. The lowest BCUT2D eigenvalue weighted by atomic mass is 10.2. The fourth-order valence-electron chi connectivity index (χ4n) is 2.61. The molecule has 0 aliphatic rings. The van der Waals surface area contributed by atoms with E-state index in [1.807, 2.05) is 0 Å². The van der Waals surface area contributed by atoms with E-state index in [4.69, 9.17) is 9.47 Å². The van der Waals surface area contributed by atoms with Gasteiger partial charge in [-0.2, -0.15) is 0 Å². The van der Waals surface area contributed by atoms with Gasteiger partial charge in [-0.3, -0.25) is 0 Å². The van der Waals surface area contributed by atoms with Crippen molar-refractivity contribution in [3.63, 3.8) is 0 Å². The molecule has 2 N–H and O–H groups in total. The molecule has 0 fully saturated rings. The van der Waals surface area contributed by atoms with Crippen LogP contribution in [0.25, 0.3) is 0 Å². The minimum atomic E-state index is -0.390. The monoisotopic (exact) mass is 392 g/mol. The fraction of sp³-hybridized carbons (Fsp3) is 0.143. The van der Waals surface area contributed by atoms with Gasteiger partial charge < -0.3 is 20.1 Å². The van der Waals surface area contributed by atoms with Crippen molar-refractivity contribution in [2.24, 2.45) is 0 Å². The molecule has 1 heterocycles. The van der Waals surface area contributed by atoms with Gasteiger partial charge in [-0.1, -0.05) is 0 Å². The maximum absolute atomic E-state index is 11.5. The molecule has 0 saturated heterocycles. The highest BCUT2D eigenvalue weighted by Gasteiger charge is 2.08. The van der Waals surface area contributed by atoms with Crippen molar-refractivity contribution in [2.45, 2.75) is 6.92 Å². The normalized spacial score (nSPS) is 10.2. The molecule has 8 heteroatoms. The number of carbonyl (C=O) groups is 2. The van der Waals surface area contributed by atoms with Gasteiger partial charge >= 0.3 is 11.9 Å². The number of esters is 2. The van der Waals surface area contributed by atoms with Crippen LogP contribution in [0.1, 0.15) is 26.5 Å². The second-order valence-electron chi connectivity index (χ2n) is 6.07. The second kappa shape index (κ2) is 8.83. The summed E-state index contributed by atoms with van der Waals surface area (Å²) in [6.07, 6.45) is 0. The number of anilines is 4. The molecule has 0 saturated carbocycles. The summed E-state index contributed by atoms with van der Waals surface area (Å²) in [5.41, 5.74) is 2.47. The first kappa shape index (κ1) is 19.8. The Hall–Kier alpha value is -3.94. The Morgan fingerprint density at radius 3 is 1.45 bits per heavy atom. The van der Waals surface area contributed by atoms with Crippen molar-refractivity contribution in [1.82, 2.24) is 9.97 Å². The van der Waals surface area contributed by atoms with E-state index in [0.29, 0.717) is 28.6 Å². The maximum atomic E-state index is 11.5. The Bertz CT molecular complexity index is 938. The third-order valence-electron chi connectivity index (χ3n) is 3.99. The summed E-state index contributed by atoms with van der Waals surface area (Å²) in [5.74, 6) is 0.988. The Kier molecular flexibility index (Phi) is 6.03. The van der Waals surface area contributed by atoms with Gasteiger partial charge in [0.1, 0.15) is 17.5 Å².